The third kappa shape index (κ3) is 11.3. The van der Waals surface area contributed by atoms with Gasteiger partial charge in [-0.1, -0.05) is 0 Å². The van der Waals surface area contributed by atoms with E-state index in [0.717, 1.165) is 18.5 Å². The van der Waals surface area contributed by atoms with Crippen molar-refractivity contribution in [1.82, 2.24) is 5.32 Å². The first kappa shape index (κ1) is 27.1. The molecule has 0 amide bonds. The Kier molecular flexibility index (Phi) is 13.8. The minimum atomic E-state index is -0.629. The van der Waals surface area contributed by atoms with Crippen molar-refractivity contribution in [3.63, 3.8) is 0 Å². The van der Waals surface area contributed by atoms with Crippen LogP contribution in [0.4, 0.5) is 0 Å². The zero-order valence-corrected chi connectivity index (χ0v) is 19.3. The van der Waals surface area contributed by atoms with Crippen LogP contribution in [0, 0.1) is 11.3 Å². The first-order chi connectivity index (χ1) is 14.9. The number of esters is 1. The lowest BCUT2D eigenvalue weighted by Crippen LogP contribution is -2.27. The molecule has 0 spiro atoms. The average molecular weight is 439 g/mol. The molecule has 0 aliphatic heterocycles. The van der Waals surface area contributed by atoms with Gasteiger partial charge < -0.3 is 29.4 Å². The number of carbonyl (C=O) groups excluding carboxylic acids is 1. The highest BCUT2D eigenvalue weighted by atomic mass is 16.6. The van der Waals surface area contributed by atoms with Gasteiger partial charge in [0, 0.05) is 25.5 Å². The maximum absolute atomic E-state index is 12.4. The molecule has 0 aromatic heterocycles. The molecule has 0 bridgehead atoms. The highest BCUT2D eigenvalue weighted by Crippen LogP contribution is 2.24. The molecule has 0 aromatic carbocycles. The number of rotatable bonds is 15. The van der Waals surface area contributed by atoms with E-state index < -0.39 is 5.97 Å². The molecule has 0 saturated carbocycles. The molecule has 0 aromatic rings. The van der Waals surface area contributed by atoms with Gasteiger partial charge in [0.05, 0.1) is 31.5 Å². The third-order valence-electron chi connectivity index (χ3n) is 4.70. The molecule has 2 N–H and O–H groups in total. The SMILES string of the molecule is CCOC(C)COC(C)COC(C)COC(=O)/C(C#N)=C1\C=C(NCCCO)CCC1. The minimum Gasteiger partial charge on any atom is -0.459 e. The minimum absolute atomic E-state index is 0.0301. The Morgan fingerprint density at radius 1 is 1.13 bits per heavy atom. The van der Waals surface area contributed by atoms with Gasteiger partial charge in [0.2, 0.25) is 0 Å². The topological polar surface area (TPSA) is 110 Å². The van der Waals surface area contributed by atoms with E-state index in [1.807, 2.05) is 39.8 Å². The van der Waals surface area contributed by atoms with E-state index in [-0.39, 0.29) is 37.1 Å². The molecule has 8 nitrogen and oxygen atoms in total. The number of hydrogen-bond acceptors (Lipinski definition) is 8. The molecule has 1 aliphatic rings. The number of nitrogens with one attached hydrogen (secondary N) is 1. The van der Waals surface area contributed by atoms with Crippen LogP contribution in [0.5, 0.6) is 0 Å². The van der Waals surface area contributed by atoms with Crippen molar-refractivity contribution in [1.29, 1.82) is 5.26 Å². The van der Waals surface area contributed by atoms with Crippen molar-refractivity contribution in [2.24, 2.45) is 0 Å². The normalized spacial score (nSPS) is 18.4. The lowest BCUT2D eigenvalue weighted by molar-refractivity contribution is -0.143. The lowest BCUT2D eigenvalue weighted by atomic mass is 9.95. The fourth-order valence-electron chi connectivity index (χ4n) is 3.03. The Hall–Kier alpha value is -1.92. The number of nitrogens with zero attached hydrogens (tertiary/aromatic N) is 1. The van der Waals surface area contributed by atoms with E-state index in [1.165, 1.54) is 0 Å². The van der Waals surface area contributed by atoms with Crippen molar-refractivity contribution < 1.29 is 28.8 Å². The van der Waals surface area contributed by atoms with E-state index in [1.54, 1.807) is 0 Å². The van der Waals surface area contributed by atoms with Crippen LogP contribution in [0.2, 0.25) is 0 Å². The molecule has 3 unspecified atom stereocenters. The summed E-state index contributed by atoms with van der Waals surface area (Å²) in [4.78, 5) is 12.4. The third-order valence-corrected chi connectivity index (χ3v) is 4.70. The smallest absolute Gasteiger partial charge is 0.349 e. The maximum Gasteiger partial charge on any atom is 0.349 e. The van der Waals surface area contributed by atoms with E-state index >= 15 is 0 Å². The number of carbonyl (C=O) groups is 1. The molecule has 31 heavy (non-hydrogen) atoms. The fourth-order valence-corrected chi connectivity index (χ4v) is 3.03. The predicted molar refractivity (Wildman–Crippen MR) is 117 cm³/mol. The van der Waals surface area contributed by atoms with Crippen molar-refractivity contribution >= 4 is 5.97 Å². The summed E-state index contributed by atoms with van der Waals surface area (Å²) in [5, 5.41) is 21.6. The zero-order valence-electron chi connectivity index (χ0n) is 19.3. The molecule has 176 valence electrons. The molecule has 0 saturated heterocycles. The molecule has 0 heterocycles. The number of nitriles is 1. The van der Waals surface area contributed by atoms with Gasteiger partial charge in [-0.25, -0.2) is 4.79 Å². The van der Waals surface area contributed by atoms with Crippen LogP contribution in [-0.4, -0.2) is 69.0 Å². The number of aliphatic hydroxyl groups excluding tert-OH is 1. The summed E-state index contributed by atoms with van der Waals surface area (Å²) in [6.07, 6.45) is 4.47. The van der Waals surface area contributed by atoms with E-state index in [9.17, 15) is 10.1 Å². The summed E-state index contributed by atoms with van der Waals surface area (Å²) in [5.74, 6) is -0.629. The van der Waals surface area contributed by atoms with Crippen molar-refractivity contribution in [2.75, 3.05) is 39.6 Å². The van der Waals surface area contributed by atoms with E-state index in [0.29, 0.717) is 44.8 Å². The molecule has 0 fully saturated rings. The van der Waals surface area contributed by atoms with Gasteiger partial charge in [0.25, 0.3) is 0 Å². The van der Waals surface area contributed by atoms with Crippen LogP contribution in [0.3, 0.4) is 0 Å². The first-order valence-corrected chi connectivity index (χ1v) is 11.1. The average Bonchev–Trinajstić information content (AvgIpc) is 2.76. The number of ether oxygens (including phenoxy) is 4. The largest absolute Gasteiger partial charge is 0.459 e. The quantitative estimate of drug-likeness (QED) is 0.174. The lowest BCUT2D eigenvalue weighted by Gasteiger charge is -2.20. The molecular weight excluding hydrogens is 400 g/mol. The summed E-state index contributed by atoms with van der Waals surface area (Å²) in [5.41, 5.74) is 1.69. The summed E-state index contributed by atoms with van der Waals surface area (Å²) < 4.78 is 22.1. The van der Waals surface area contributed by atoms with Gasteiger partial charge in [-0.15, -0.1) is 0 Å². The highest BCUT2D eigenvalue weighted by Gasteiger charge is 2.20. The second-order valence-corrected chi connectivity index (χ2v) is 7.69. The van der Waals surface area contributed by atoms with Crippen LogP contribution in [0.1, 0.15) is 53.4 Å². The highest BCUT2D eigenvalue weighted by molar-refractivity contribution is 5.94. The van der Waals surface area contributed by atoms with Crippen LogP contribution in [0.25, 0.3) is 0 Å². The Morgan fingerprint density at radius 2 is 1.77 bits per heavy atom. The van der Waals surface area contributed by atoms with Crippen LogP contribution in [-0.2, 0) is 23.7 Å². The second-order valence-electron chi connectivity index (χ2n) is 7.69. The maximum atomic E-state index is 12.4. The van der Waals surface area contributed by atoms with Gasteiger partial charge in [-0.2, -0.15) is 5.26 Å². The summed E-state index contributed by atoms with van der Waals surface area (Å²) in [6.45, 7) is 9.97. The summed E-state index contributed by atoms with van der Waals surface area (Å²) in [6, 6.07) is 1.99. The van der Waals surface area contributed by atoms with Crippen molar-refractivity contribution in [2.45, 2.75) is 71.7 Å². The van der Waals surface area contributed by atoms with Crippen molar-refractivity contribution in [3.05, 3.63) is 22.9 Å². The Balaban J connectivity index is 2.47. The standard InChI is InChI=1S/C23H38N2O6/c1-5-28-17(2)14-29-18(3)15-30-19(4)16-31-23(27)22(13-24)20-8-6-9-21(12-20)25-10-7-11-26/h12,17-19,25-26H,5-11,14-16H2,1-4H3/b22-20-. The molecular formula is C23H38N2O6. The molecule has 0 radical (unpaired) electrons. The second kappa shape index (κ2) is 15.8. The van der Waals surface area contributed by atoms with Crippen LogP contribution in [0.15, 0.2) is 22.9 Å². The summed E-state index contributed by atoms with van der Waals surface area (Å²) in [7, 11) is 0. The number of allylic oxidation sites excluding steroid dienone is 3. The van der Waals surface area contributed by atoms with Crippen LogP contribution < -0.4 is 5.32 Å². The number of hydrogen-bond donors (Lipinski definition) is 2. The molecule has 3 atom stereocenters. The van der Waals surface area contributed by atoms with E-state index in [2.05, 4.69) is 5.32 Å². The van der Waals surface area contributed by atoms with E-state index in [4.69, 9.17) is 24.1 Å². The Bertz CT molecular complexity index is 640. The molecule has 1 rings (SSSR count). The monoisotopic (exact) mass is 438 g/mol. The fraction of sp³-hybridized carbons (Fsp3) is 0.739. The van der Waals surface area contributed by atoms with Gasteiger partial charge >= 0.3 is 5.97 Å². The summed E-state index contributed by atoms with van der Waals surface area (Å²) >= 11 is 0. The van der Waals surface area contributed by atoms with Gasteiger partial charge in [-0.05, 0) is 65.0 Å². The molecule has 1 aliphatic carbocycles. The molecule has 8 heteroatoms. The zero-order chi connectivity index (χ0) is 23.1. The first-order valence-electron chi connectivity index (χ1n) is 11.1. The van der Waals surface area contributed by atoms with Gasteiger partial charge in [0.15, 0.2) is 0 Å². The van der Waals surface area contributed by atoms with Gasteiger partial charge in [-0.3, -0.25) is 0 Å². The van der Waals surface area contributed by atoms with Crippen molar-refractivity contribution in [3.8, 4) is 6.07 Å². The Labute approximate surface area is 186 Å². The number of aliphatic hydroxyl groups is 1. The predicted octanol–water partition coefficient (Wildman–Crippen LogP) is 2.62. The Morgan fingerprint density at radius 3 is 2.39 bits per heavy atom. The van der Waals surface area contributed by atoms with Gasteiger partial charge in [0.1, 0.15) is 18.2 Å². The van der Waals surface area contributed by atoms with Crippen LogP contribution >= 0.6 is 0 Å².